The van der Waals surface area contributed by atoms with E-state index >= 15 is 0 Å². The van der Waals surface area contributed by atoms with E-state index in [0.29, 0.717) is 5.75 Å². The second-order valence-electron chi connectivity index (χ2n) is 8.85. The van der Waals surface area contributed by atoms with E-state index in [1.807, 2.05) is 23.6 Å². The molecule has 2 unspecified atom stereocenters. The van der Waals surface area contributed by atoms with E-state index in [0.717, 1.165) is 24.3 Å². The van der Waals surface area contributed by atoms with E-state index in [2.05, 4.69) is 18.2 Å². The number of carbonyl (C=O) groups is 4. The molecular weight excluding hydrogens is 560 g/mol. The Morgan fingerprint density at radius 1 is 0.725 bits per heavy atom. The minimum Gasteiger partial charge on any atom is -0.463 e. The minimum absolute atomic E-state index is 0.332. The number of ether oxygens (including phenoxy) is 6. The summed E-state index contributed by atoms with van der Waals surface area (Å²) in [7, 11) is 0. The molecule has 40 heavy (non-hydrogen) atoms. The van der Waals surface area contributed by atoms with Crippen molar-refractivity contribution in [3.05, 3.63) is 53.9 Å². The van der Waals surface area contributed by atoms with Gasteiger partial charge in [-0.25, -0.2) is 0 Å². The van der Waals surface area contributed by atoms with Crippen molar-refractivity contribution in [1.29, 1.82) is 0 Å². The van der Waals surface area contributed by atoms with E-state index in [1.165, 1.54) is 23.6 Å². The maximum Gasteiger partial charge on any atom is 0.303 e. The Morgan fingerprint density at radius 3 is 1.95 bits per heavy atom. The first-order valence-electron chi connectivity index (χ1n) is 12.3. The standard InChI is InChI=1S/C28H28O10S2/c1-15(29)33-14-21-25(34-16(2)30)26(35-17(3)31)27(36-18(4)32)28(38-21)37-20-9-7-19(8-10-20)22-11-12-24(40-22)23-6-5-13-39-23/h5-13,21,25-28H,14H2,1-4H3/t21?,25-,26-,27?,28-/m1/s1. The number of esters is 4. The molecule has 3 aromatic rings. The molecule has 0 spiro atoms. The highest BCUT2D eigenvalue weighted by molar-refractivity contribution is 7.23. The smallest absolute Gasteiger partial charge is 0.303 e. The highest BCUT2D eigenvalue weighted by Crippen LogP contribution is 2.37. The van der Waals surface area contributed by atoms with E-state index in [-0.39, 0.29) is 6.61 Å². The zero-order chi connectivity index (χ0) is 28.8. The molecule has 0 bridgehead atoms. The molecule has 0 radical (unpaired) electrons. The fourth-order valence-corrected chi connectivity index (χ4v) is 6.01. The quantitative estimate of drug-likeness (QED) is 0.259. The predicted molar refractivity (Wildman–Crippen MR) is 146 cm³/mol. The molecule has 212 valence electrons. The molecule has 1 aromatic carbocycles. The third-order valence-electron chi connectivity index (χ3n) is 5.71. The van der Waals surface area contributed by atoms with Crippen molar-refractivity contribution in [3.63, 3.8) is 0 Å². The average Bonchev–Trinajstić information content (AvgIpc) is 3.58. The van der Waals surface area contributed by atoms with Crippen molar-refractivity contribution in [1.82, 2.24) is 0 Å². The maximum absolute atomic E-state index is 12.0. The molecule has 0 aliphatic carbocycles. The normalized spacial score (nSPS) is 22.1. The van der Waals surface area contributed by atoms with Crippen molar-refractivity contribution < 1.29 is 47.6 Å². The molecule has 1 aliphatic rings. The highest BCUT2D eigenvalue weighted by Gasteiger charge is 2.53. The Bertz CT molecular complexity index is 1330. The molecule has 1 fully saturated rings. The van der Waals surface area contributed by atoms with Gasteiger partial charge in [-0.15, -0.1) is 22.7 Å². The summed E-state index contributed by atoms with van der Waals surface area (Å²) in [5, 5.41) is 2.04. The predicted octanol–water partition coefficient (Wildman–Crippen LogP) is 4.61. The van der Waals surface area contributed by atoms with Crippen LogP contribution in [-0.2, 0) is 42.9 Å². The third-order valence-corrected chi connectivity index (χ3v) is 7.91. The summed E-state index contributed by atoms with van der Waals surface area (Å²) < 4.78 is 33.4. The van der Waals surface area contributed by atoms with Gasteiger partial charge in [-0.3, -0.25) is 19.2 Å². The number of rotatable bonds is 9. The lowest BCUT2D eigenvalue weighted by atomic mass is 9.98. The van der Waals surface area contributed by atoms with Crippen LogP contribution < -0.4 is 4.74 Å². The Labute approximate surface area is 238 Å². The lowest BCUT2D eigenvalue weighted by Crippen LogP contribution is -2.63. The Morgan fingerprint density at radius 2 is 1.35 bits per heavy atom. The number of benzene rings is 1. The van der Waals surface area contributed by atoms with Crippen molar-refractivity contribution in [2.75, 3.05) is 6.61 Å². The van der Waals surface area contributed by atoms with Gasteiger partial charge in [0, 0.05) is 42.3 Å². The van der Waals surface area contributed by atoms with Crippen LogP contribution in [0.5, 0.6) is 5.75 Å². The largest absolute Gasteiger partial charge is 0.463 e. The SMILES string of the molecule is CC(=O)OCC1O[C@@H](Oc2ccc(-c3ccc(-c4cccs4)s3)cc2)C(OC(C)=O)[C@H](OC(C)=O)[C@@H]1OC(C)=O. The van der Waals surface area contributed by atoms with Gasteiger partial charge in [0.1, 0.15) is 18.5 Å². The van der Waals surface area contributed by atoms with Gasteiger partial charge in [0.15, 0.2) is 12.2 Å². The molecule has 3 heterocycles. The molecule has 1 aliphatic heterocycles. The first-order valence-corrected chi connectivity index (χ1v) is 14.0. The number of hydrogen-bond acceptors (Lipinski definition) is 12. The molecular formula is C28H28O10S2. The molecule has 12 heteroatoms. The summed E-state index contributed by atoms with van der Waals surface area (Å²) in [6.45, 7) is 4.38. The van der Waals surface area contributed by atoms with Gasteiger partial charge in [-0.1, -0.05) is 6.07 Å². The molecule has 0 amide bonds. The van der Waals surface area contributed by atoms with Crippen LogP contribution in [0, 0.1) is 0 Å². The van der Waals surface area contributed by atoms with Crippen LogP contribution in [-0.4, -0.2) is 61.2 Å². The van der Waals surface area contributed by atoms with Crippen molar-refractivity contribution in [2.45, 2.75) is 58.4 Å². The second-order valence-corrected chi connectivity index (χ2v) is 10.9. The lowest BCUT2D eigenvalue weighted by molar-refractivity contribution is -0.288. The molecule has 5 atom stereocenters. The van der Waals surface area contributed by atoms with Gasteiger partial charge in [-0.2, -0.15) is 0 Å². The molecule has 1 saturated heterocycles. The fraction of sp³-hybridized carbons (Fsp3) is 0.357. The Balaban J connectivity index is 1.59. The third kappa shape index (κ3) is 7.46. The Kier molecular flexibility index (Phi) is 9.56. The minimum atomic E-state index is -1.30. The van der Waals surface area contributed by atoms with E-state index in [9.17, 15) is 19.2 Å². The van der Waals surface area contributed by atoms with Gasteiger partial charge in [-0.05, 0) is 53.4 Å². The van der Waals surface area contributed by atoms with Gasteiger partial charge in [0.25, 0.3) is 0 Å². The molecule has 0 saturated carbocycles. The summed E-state index contributed by atoms with van der Waals surface area (Å²) in [5.74, 6) is -2.34. The van der Waals surface area contributed by atoms with E-state index in [4.69, 9.17) is 28.4 Å². The van der Waals surface area contributed by atoms with E-state index < -0.39 is 54.6 Å². The summed E-state index contributed by atoms with van der Waals surface area (Å²) in [6.07, 6.45) is -6.23. The van der Waals surface area contributed by atoms with Gasteiger partial charge < -0.3 is 28.4 Å². The zero-order valence-corrected chi connectivity index (χ0v) is 23.8. The van der Waals surface area contributed by atoms with Crippen LogP contribution in [0.4, 0.5) is 0 Å². The molecule has 10 nitrogen and oxygen atoms in total. The van der Waals surface area contributed by atoms with Crippen LogP contribution in [0.15, 0.2) is 53.9 Å². The molecule has 0 N–H and O–H groups in total. The maximum atomic E-state index is 12.0. The van der Waals surface area contributed by atoms with Crippen molar-refractivity contribution in [3.8, 4) is 25.9 Å². The fourth-order valence-electron chi connectivity index (χ4n) is 4.16. The second kappa shape index (κ2) is 13.1. The van der Waals surface area contributed by atoms with Crippen LogP contribution in [0.2, 0.25) is 0 Å². The Hall–Kier alpha value is -3.74. The first kappa shape index (κ1) is 29.2. The summed E-state index contributed by atoms with van der Waals surface area (Å²) in [5.41, 5.74) is 0.974. The first-order chi connectivity index (χ1) is 19.1. The van der Waals surface area contributed by atoms with Crippen LogP contribution in [0.3, 0.4) is 0 Å². The number of thiophene rings is 2. The summed E-state index contributed by atoms with van der Waals surface area (Å²) in [4.78, 5) is 50.8. The zero-order valence-electron chi connectivity index (χ0n) is 22.2. The average molecular weight is 589 g/mol. The summed E-state index contributed by atoms with van der Waals surface area (Å²) >= 11 is 3.34. The van der Waals surface area contributed by atoms with E-state index in [1.54, 1.807) is 34.8 Å². The highest BCUT2D eigenvalue weighted by atomic mass is 32.1. The van der Waals surface area contributed by atoms with Gasteiger partial charge in [0.05, 0.1) is 0 Å². The topological polar surface area (TPSA) is 124 Å². The monoisotopic (exact) mass is 588 g/mol. The summed E-state index contributed by atoms with van der Waals surface area (Å²) in [6, 6.07) is 15.4. The van der Waals surface area contributed by atoms with Crippen molar-refractivity contribution >= 4 is 46.6 Å². The van der Waals surface area contributed by atoms with Crippen LogP contribution in [0.25, 0.3) is 20.2 Å². The van der Waals surface area contributed by atoms with Crippen molar-refractivity contribution in [2.24, 2.45) is 0 Å². The lowest BCUT2D eigenvalue weighted by Gasteiger charge is -2.43. The van der Waals surface area contributed by atoms with Gasteiger partial charge in [0.2, 0.25) is 12.4 Å². The van der Waals surface area contributed by atoms with Crippen LogP contribution >= 0.6 is 22.7 Å². The molecule has 2 aromatic heterocycles. The van der Waals surface area contributed by atoms with Crippen LogP contribution in [0.1, 0.15) is 27.7 Å². The number of hydrogen-bond donors (Lipinski definition) is 0. The number of carbonyl (C=O) groups excluding carboxylic acids is 4. The van der Waals surface area contributed by atoms with Gasteiger partial charge >= 0.3 is 23.9 Å². The molecule has 4 rings (SSSR count).